The van der Waals surface area contributed by atoms with Crippen LogP contribution in [0.3, 0.4) is 0 Å². The van der Waals surface area contributed by atoms with E-state index in [9.17, 15) is 4.79 Å². The third-order valence-corrected chi connectivity index (χ3v) is 3.41. The van der Waals surface area contributed by atoms with Gasteiger partial charge in [0.1, 0.15) is 17.6 Å². The van der Waals surface area contributed by atoms with E-state index in [2.05, 4.69) is 20.7 Å². The molecule has 1 N–H and O–H groups in total. The highest BCUT2D eigenvalue weighted by Crippen LogP contribution is 2.31. The molecule has 0 bridgehead atoms. The van der Waals surface area contributed by atoms with Crippen molar-refractivity contribution in [1.82, 2.24) is 20.4 Å². The Kier molecular flexibility index (Phi) is 3.54. The van der Waals surface area contributed by atoms with Gasteiger partial charge < -0.3 is 9.47 Å². The fraction of sp³-hybridized carbons (Fsp3) is 0.125. The molecule has 0 aliphatic carbocycles. The van der Waals surface area contributed by atoms with Crippen LogP contribution in [-0.4, -0.2) is 33.9 Å². The molecule has 1 amide bonds. The largest absolute Gasteiger partial charge is 0.454 e. The van der Waals surface area contributed by atoms with E-state index in [-0.39, 0.29) is 19.2 Å². The molecule has 24 heavy (non-hydrogen) atoms. The molecule has 0 saturated heterocycles. The lowest BCUT2D eigenvalue weighted by Gasteiger charge is -1.99. The zero-order chi connectivity index (χ0) is 16.4. The van der Waals surface area contributed by atoms with Gasteiger partial charge in [0.15, 0.2) is 11.5 Å². The Morgan fingerprint density at radius 1 is 1.17 bits per heavy atom. The molecule has 4 rings (SSSR count). The summed E-state index contributed by atoms with van der Waals surface area (Å²) in [6.07, 6.45) is 1.53. The molecule has 0 atom stereocenters. The van der Waals surface area contributed by atoms with Gasteiger partial charge in [0, 0.05) is 0 Å². The minimum absolute atomic E-state index is 0.00679. The zero-order valence-corrected chi connectivity index (χ0v) is 12.5. The van der Waals surface area contributed by atoms with Crippen molar-refractivity contribution >= 4 is 23.2 Å². The van der Waals surface area contributed by atoms with Crippen LogP contribution >= 0.6 is 0 Å². The molecule has 120 valence electrons. The minimum atomic E-state index is -0.313. The van der Waals surface area contributed by atoms with E-state index in [4.69, 9.17) is 9.47 Å². The van der Waals surface area contributed by atoms with Gasteiger partial charge in [-0.2, -0.15) is 20.1 Å². The summed E-state index contributed by atoms with van der Waals surface area (Å²) in [5, 5.41) is 12.4. The van der Waals surface area contributed by atoms with Crippen LogP contribution in [0, 0.1) is 0 Å². The van der Waals surface area contributed by atoms with Crippen molar-refractivity contribution in [3.05, 3.63) is 48.0 Å². The normalized spacial score (nSPS) is 12.8. The molecule has 0 unspecified atom stereocenters. The summed E-state index contributed by atoms with van der Waals surface area (Å²) in [7, 11) is 0. The number of carbonyl (C=O) groups excluding carboxylic acids is 1. The molecule has 1 aromatic heterocycles. The van der Waals surface area contributed by atoms with E-state index in [0.29, 0.717) is 11.5 Å². The number of amides is 1. The molecule has 0 fully saturated rings. The number of nitrogens with one attached hydrogen (secondary N) is 1. The average molecular weight is 323 g/mol. The Labute approximate surface area is 136 Å². The molecule has 0 saturated carbocycles. The van der Waals surface area contributed by atoms with Gasteiger partial charge in [0.25, 0.3) is 5.91 Å². The Morgan fingerprint density at radius 3 is 2.71 bits per heavy atom. The van der Waals surface area contributed by atoms with Crippen molar-refractivity contribution in [2.24, 2.45) is 5.10 Å². The van der Waals surface area contributed by atoms with Gasteiger partial charge in [0.05, 0.1) is 6.21 Å². The minimum Gasteiger partial charge on any atom is -0.454 e. The first kappa shape index (κ1) is 14.2. The number of fused-ring (bicyclic) bond motifs is 2. The Bertz CT molecular complexity index is 901. The predicted molar refractivity (Wildman–Crippen MR) is 85.8 cm³/mol. The summed E-state index contributed by atoms with van der Waals surface area (Å²) in [5.74, 6) is 1.05. The highest BCUT2D eigenvalue weighted by molar-refractivity contribution is 5.83. The van der Waals surface area contributed by atoms with Crippen molar-refractivity contribution in [2.45, 2.75) is 6.54 Å². The van der Waals surface area contributed by atoms with Crippen LogP contribution < -0.4 is 14.9 Å². The van der Waals surface area contributed by atoms with Gasteiger partial charge in [-0.3, -0.25) is 4.79 Å². The number of hydrogen-bond donors (Lipinski definition) is 1. The average Bonchev–Trinajstić information content (AvgIpc) is 3.19. The SMILES string of the molecule is O=C(Cn1nc2ccccc2n1)N/N=C/c1ccc2c(c1)OCO2. The zero-order valence-electron chi connectivity index (χ0n) is 12.5. The van der Waals surface area contributed by atoms with Crippen molar-refractivity contribution in [3.8, 4) is 11.5 Å². The van der Waals surface area contributed by atoms with Crippen LogP contribution in [0.4, 0.5) is 0 Å². The molecule has 2 aromatic carbocycles. The highest BCUT2D eigenvalue weighted by Gasteiger charge is 2.12. The highest BCUT2D eigenvalue weighted by atomic mass is 16.7. The van der Waals surface area contributed by atoms with Crippen LogP contribution in [0.25, 0.3) is 11.0 Å². The van der Waals surface area contributed by atoms with Crippen LogP contribution in [0.2, 0.25) is 0 Å². The summed E-state index contributed by atoms with van der Waals surface area (Å²) < 4.78 is 10.5. The first-order valence-electron chi connectivity index (χ1n) is 7.29. The van der Waals surface area contributed by atoms with Gasteiger partial charge in [-0.25, -0.2) is 5.43 Å². The lowest BCUT2D eigenvalue weighted by atomic mass is 10.2. The number of benzene rings is 2. The molecule has 1 aliphatic heterocycles. The van der Waals surface area contributed by atoms with Gasteiger partial charge in [0.2, 0.25) is 6.79 Å². The van der Waals surface area contributed by atoms with E-state index in [1.54, 1.807) is 12.1 Å². The summed E-state index contributed by atoms with van der Waals surface area (Å²) in [5.41, 5.74) is 4.73. The second-order valence-electron chi connectivity index (χ2n) is 5.12. The standard InChI is InChI=1S/C16H13N5O3/c22-16(9-21-19-12-3-1-2-4-13(12)20-21)18-17-8-11-5-6-14-15(7-11)24-10-23-14/h1-8H,9-10H2,(H,18,22)/b17-8+. The summed E-state index contributed by atoms with van der Waals surface area (Å²) in [6, 6.07) is 12.8. The summed E-state index contributed by atoms with van der Waals surface area (Å²) in [6.45, 7) is 0.213. The smallest absolute Gasteiger partial charge is 0.263 e. The number of hydrazone groups is 1. The summed E-state index contributed by atoms with van der Waals surface area (Å²) >= 11 is 0. The first-order chi connectivity index (χ1) is 11.8. The number of ether oxygens (including phenoxy) is 2. The monoisotopic (exact) mass is 323 g/mol. The quantitative estimate of drug-likeness (QED) is 0.577. The maximum atomic E-state index is 11.9. The Balaban J connectivity index is 1.37. The molecular formula is C16H13N5O3. The third kappa shape index (κ3) is 2.89. The third-order valence-electron chi connectivity index (χ3n) is 3.41. The molecule has 2 heterocycles. The maximum Gasteiger partial charge on any atom is 0.263 e. The topological polar surface area (TPSA) is 90.6 Å². The van der Waals surface area contributed by atoms with Gasteiger partial charge in [-0.15, -0.1) is 0 Å². The fourth-order valence-corrected chi connectivity index (χ4v) is 2.31. The first-order valence-corrected chi connectivity index (χ1v) is 7.29. The molecule has 3 aromatic rings. The van der Waals surface area contributed by atoms with E-state index >= 15 is 0 Å². The van der Waals surface area contributed by atoms with E-state index in [1.165, 1.54) is 11.0 Å². The van der Waals surface area contributed by atoms with Gasteiger partial charge in [-0.1, -0.05) is 12.1 Å². The number of carbonyl (C=O) groups is 1. The predicted octanol–water partition coefficient (Wildman–Crippen LogP) is 1.31. The molecule has 0 radical (unpaired) electrons. The molecule has 8 nitrogen and oxygen atoms in total. The molecule has 8 heteroatoms. The second kappa shape index (κ2) is 5.99. The lowest BCUT2D eigenvalue weighted by Crippen LogP contribution is -2.24. The van der Waals surface area contributed by atoms with Crippen molar-refractivity contribution in [3.63, 3.8) is 0 Å². The number of aromatic nitrogens is 3. The van der Waals surface area contributed by atoms with E-state index in [1.807, 2.05) is 30.3 Å². The van der Waals surface area contributed by atoms with Crippen molar-refractivity contribution < 1.29 is 14.3 Å². The fourth-order valence-electron chi connectivity index (χ4n) is 2.31. The summed E-state index contributed by atoms with van der Waals surface area (Å²) in [4.78, 5) is 13.2. The van der Waals surface area contributed by atoms with Crippen LogP contribution in [0.15, 0.2) is 47.6 Å². The Hall–Kier alpha value is -3.42. The van der Waals surface area contributed by atoms with Crippen molar-refractivity contribution in [2.75, 3.05) is 6.79 Å². The number of hydrogen-bond acceptors (Lipinski definition) is 6. The van der Waals surface area contributed by atoms with Gasteiger partial charge >= 0.3 is 0 Å². The van der Waals surface area contributed by atoms with Crippen LogP contribution in [-0.2, 0) is 11.3 Å². The number of rotatable bonds is 4. The molecule has 1 aliphatic rings. The maximum absolute atomic E-state index is 11.9. The lowest BCUT2D eigenvalue weighted by molar-refractivity contribution is -0.122. The van der Waals surface area contributed by atoms with E-state index in [0.717, 1.165) is 16.6 Å². The second-order valence-corrected chi connectivity index (χ2v) is 5.12. The van der Waals surface area contributed by atoms with Crippen molar-refractivity contribution in [1.29, 1.82) is 0 Å². The van der Waals surface area contributed by atoms with E-state index < -0.39 is 0 Å². The van der Waals surface area contributed by atoms with Gasteiger partial charge in [-0.05, 0) is 35.9 Å². The number of nitrogens with zero attached hydrogens (tertiary/aromatic N) is 4. The van der Waals surface area contributed by atoms with Crippen LogP contribution in [0.5, 0.6) is 11.5 Å². The molecular weight excluding hydrogens is 310 g/mol. The molecule has 0 spiro atoms. The Morgan fingerprint density at radius 2 is 1.92 bits per heavy atom. The van der Waals surface area contributed by atoms with Crippen LogP contribution in [0.1, 0.15) is 5.56 Å².